The van der Waals surface area contributed by atoms with E-state index in [0.29, 0.717) is 16.6 Å². The van der Waals surface area contributed by atoms with Crippen molar-refractivity contribution >= 4 is 28.8 Å². The molecule has 33 heavy (non-hydrogen) atoms. The van der Waals surface area contributed by atoms with Gasteiger partial charge in [-0.15, -0.1) is 16.4 Å². The van der Waals surface area contributed by atoms with Gasteiger partial charge in [-0.2, -0.15) is 5.10 Å². The molecule has 1 N–H and O–H groups in total. The van der Waals surface area contributed by atoms with Crippen LogP contribution in [-0.4, -0.2) is 52.2 Å². The van der Waals surface area contributed by atoms with Crippen molar-refractivity contribution in [1.29, 1.82) is 0 Å². The fraction of sp³-hybridized carbons (Fsp3) is 0.364. The number of hydrogen-bond acceptors (Lipinski definition) is 8. The smallest absolute Gasteiger partial charge is 0.367 e. The van der Waals surface area contributed by atoms with Gasteiger partial charge in [-0.1, -0.05) is 5.21 Å². The van der Waals surface area contributed by atoms with Gasteiger partial charge in [0.1, 0.15) is 5.60 Å². The van der Waals surface area contributed by atoms with Crippen LogP contribution in [0.4, 0.5) is 0 Å². The number of esters is 1. The van der Waals surface area contributed by atoms with Crippen LogP contribution in [-0.2, 0) is 11.3 Å². The summed E-state index contributed by atoms with van der Waals surface area (Å²) in [4.78, 5) is 28.6. The third kappa shape index (κ3) is 4.49. The van der Waals surface area contributed by atoms with E-state index in [4.69, 9.17) is 14.9 Å². The molecule has 170 valence electrons. The molecule has 0 aromatic carbocycles. The van der Waals surface area contributed by atoms with E-state index in [1.807, 2.05) is 31.4 Å². The molecule has 0 unspecified atom stereocenters. The van der Waals surface area contributed by atoms with Crippen molar-refractivity contribution in [2.24, 2.45) is 0 Å². The summed E-state index contributed by atoms with van der Waals surface area (Å²) in [7, 11) is 0. The number of nitrogens with zero attached hydrogens (tertiary/aromatic N) is 6. The average Bonchev–Trinajstić information content (AvgIpc) is 3.13. The summed E-state index contributed by atoms with van der Waals surface area (Å²) in [6.07, 6.45) is 5.35. The predicted octanol–water partition coefficient (Wildman–Crippen LogP) is 3.63. The summed E-state index contributed by atoms with van der Waals surface area (Å²) in [5, 5.41) is 21.6. The third-order valence-electron chi connectivity index (χ3n) is 5.10. The number of aromatic carboxylic acids is 1. The molecule has 1 aliphatic rings. The Morgan fingerprint density at radius 1 is 1.24 bits per heavy atom. The van der Waals surface area contributed by atoms with E-state index in [1.54, 1.807) is 6.20 Å². The van der Waals surface area contributed by atoms with E-state index in [9.17, 15) is 9.59 Å². The van der Waals surface area contributed by atoms with Crippen molar-refractivity contribution in [2.75, 3.05) is 0 Å². The Kier molecular flexibility index (Phi) is 5.00. The molecule has 4 heterocycles. The van der Waals surface area contributed by atoms with Gasteiger partial charge in [0.25, 0.3) is 0 Å². The summed E-state index contributed by atoms with van der Waals surface area (Å²) in [6.45, 7) is 5.75. The second kappa shape index (κ2) is 7.77. The molecule has 0 saturated heterocycles. The van der Waals surface area contributed by atoms with Crippen molar-refractivity contribution in [1.82, 2.24) is 29.6 Å². The quantitative estimate of drug-likeness (QED) is 0.427. The minimum atomic E-state index is -1.13. The Balaban J connectivity index is 1.51. The lowest BCUT2D eigenvalue weighted by Gasteiger charge is -2.18. The second-order valence-corrected chi connectivity index (χ2v) is 10.1. The van der Waals surface area contributed by atoms with Crippen molar-refractivity contribution in [3.05, 3.63) is 52.6 Å². The van der Waals surface area contributed by atoms with Crippen LogP contribution in [0.2, 0.25) is 0 Å². The molecular formula is C22H22N6O4S. The summed E-state index contributed by atoms with van der Waals surface area (Å²) >= 11 is 1.27. The van der Waals surface area contributed by atoms with Gasteiger partial charge >= 0.3 is 11.9 Å². The van der Waals surface area contributed by atoms with Gasteiger partial charge in [-0.05, 0) is 63.3 Å². The molecule has 0 atom stereocenters. The van der Waals surface area contributed by atoms with Crippen LogP contribution in [0.5, 0.6) is 0 Å². The van der Waals surface area contributed by atoms with E-state index in [2.05, 4.69) is 27.4 Å². The molecule has 0 bridgehead atoms. The first kappa shape index (κ1) is 21.3. The Morgan fingerprint density at radius 3 is 2.70 bits per heavy atom. The fourth-order valence-electron chi connectivity index (χ4n) is 3.53. The number of carbonyl (C=O) groups is 2. The van der Waals surface area contributed by atoms with Crippen LogP contribution in [0, 0.1) is 0 Å². The number of carbonyl (C=O) groups excluding carboxylic acids is 1. The van der Waals surface area contributed by atoms with Crippen LogP contribution >= 0.6 is 11.3 Å². The minimum Gasteiger partial charge on any atom is -0.476 e. The van der Waals surface area contributed by atoms with E-state index in [-0.39, 0.29) is 12.2 Å². The molecule has 4 aromatic heterocycles. The van der Waals surface area contributed by atoms with Gasteiger partial charge in [-0.3, -0.25) is 0 Å². The van der Waals surface area contributed by atoms with Crippen molar-refractivity contribution < 1.29 is 19.4 Å². The van der Waals surface area contributed by atoms with Crippen molar-refractivity contribution in [3.63, 3.8) is 0 Å². The number of rotatable bonds is 6. The molecule has 1 aliphatic carbocycles. The standard InChI is InChI=1S/C22H22N6O4S/c1-22(2,3)32-21(31)19-23-9-18(33-19)17-7-13(12-4-5-12)6-15-8-14(25-28(15)17)10-27-11-16(20(29)30)24-26-27/h6-9,11-12H,4-5,10H2,1-3H3,(H,29,30). The van der Waals surface area contributed by atoms with Crippen molar-refractivity contribution in [2.45, 2.75) is 51.7 Å². The summed E-state index contributed by atoms with van der Waals surface area (Å²) < 4.78 is 8.72. The van der Waals surface area contributed by atoms with E-state index >= 15 is 0 Å². The number of pyridine rings is 1. The molecule has 0 spiro atoms. The van der Waals surface area contributed by atoms with E-state index < -0.39 is 17.5 Å². The molecule has 0 aliphatic heterocycles. The Bertz CT molecular complexity index is 1380. The van der Waals surface area contributed by atoms with Gasteiger partial charge in [0, 0.05) is 6.20 Å². The molecule has 0 radical (unpaired) electrons. The first-order valence-corrected chi connectivity index (χ1v) is 11.3. The predicted molar refractivity (Wildman–Crippen MR) is 120 cm³/mol. The highest BCUT2D eigenvalue weighted by molar-refractivity contribution is 7.16. The van der Waals surface area contributed by atoms with Gasteiger partial charge in [-0.25, -0.2) is 23.8 Å². The molecule has 11 heteroatoms. The lowest BCUT2D eigenvalue weighted by Crippen LogP contribution is -2.23. The van der Waals surface area contributed by atoms with Gasteiger partial charge in [0.15, 0.2) is 5.69 Å². The zero-order valence-electron chi connectivity index (χ0n) is 18.3. The monoisotopic (exact) mass is 466 g/mol. The number of carboxylic acid groups (broad SMARTS) is 1. The first-order valence-electron chi connectivity index (χ1n) is 10.5. The molecule has 0 amide bonds. The number of hydrogen-bond donors (Lipinski definition) is 1. The highest BCUT2D eigenvalue weighted by Crippen LogP contribution is 2.42. The maximum atomic E-state index is 12.5. The summed E-state index contributed by atoms with van der Waals surface area (Å²) in [5.74, 6) is -1.05. The van der Waals surface area contributed by atoms with Crippen molar-refractivity contribution in [3.8, 4) is 10.6 Å². The zero-order valence-corrected chi connectivity index (χ0v) is 19.2. The lowest BCUT2D eigenvalue weighted by atomic mass is 10.1. The zero-order chi connectivity index (χ0) is 23.3. The molecule has 10 nitrogen and oxygen atoms in total. The normalized spacial score (nSPS) is 14.0. The van der Waals surface area contributed by atoms with Gasteiger partial charge < -0.3 is 9.84 Å². The minimum absolute atomic E-state index is 0.116. The first-order chi connectivity index (χ1) is 15.7. The lowest BCUT2D eigenvalue weighted by molar-refractivity contribution is 0.00690. The maximum absolute atomic E-state index is 12.5. The van der Waals surface area contributed by atoms with Crippen LogP contribution < -0.4 is 0 Å². The second-order valence-electron chi connectivity index (χ2n) is 9.06. The Hall–Kier alpha value is -3.60. The fourth-order valence-corrected chi connectivity index (χ4v) is 4.32. The molecular weight excluding hydrogens is 444 g/mol. The van der Waals surface area contributed by atoms with E-state index in [1.165, 1.54) is 27.8 Å². The number of ether oxygens (including phenoxy) is 1. The van der Waals surface area contributed by atoms with Crippen LogP contribution in [0.1, 0.15) is 71.1 Å². The largest absolute Gasteiger partial charge is 0.476 e. The molecule has 1 fully saturated rings. The van der Waals surface area contributed by atoms with Crippen LogP contribution in [0.25, 0.3) is 16.1 Å². The van der Waals surface area contributed by atoms with Gasteiger partial charge in [0.05, 0.1) is 34.5 Å². The van der Waals surface area contributed by atoms with Crippen LogP contribution in [0.15, 0.2) is 30.6 Å². The SMILES string of the molecule is CC(C)(C)OC(=O)c1ncc(-c2cc(C3CC3)cc3cc(Cn4cc(C(=O)O)nn4)nn23)s1. The summed E-state index contributed by atoms with van der Waals surface area (Å²) in [6, 6.07) is 6.18. The number of thiazole rings is 1. The topological polar surface area (TPSA) is 124 Å². The number of fused-ring (bicyclic) bond motifs is 1. The molecule has 1 saturated carbocycles. The highest BCUT2D eigenvalue weighted by atomic mass is 32.1. The maximum Gasteiger partial charge on any atom is 0.367 e. The molecule has 5 rings (SSSR count). The van der Waals surface area contributed by atoms with Crippen LogP contribution in [0.3, 0.4) is 0 Å². The Morgan fingerprint density at radius 2 is 2.03 bits per heavy atom. The highest BCUT2D eigenvalue weighted by Gasteiger charge is 2.26. The number of aromatic nitrogens is 6. The molecule has 4 aromatic rings. The number of carboxylic acids is 1. The summed E-state index contributed by atoms with van der Waals surface area (Å²) in [5.41, 5.74) is 2.98. The Labute approximate surface area is 192 Å². The van der Waals surface area contributed by atoms with E-state index in [0.717, 1.165) is 28.9 Å². The third-order valence-corrected chi connectivity index (χ3v) is 6.10. The van der Waals surface area contributed by atoms with Gasteiger partial charge in [0.2, 0.25) is 5.01 Å². The average molecular weight is 467 g/mol.